The van der Waals surface area contributed by atoms with E-state index in [4.69, 9.17) is 25.8 Å². The molecule has 4 nitrogen and oxygen atoms in total. The summed E-state index contributed by atoms with van der Waals surface area (Å²) in [6.07, 6.45) is 0. The van der Waals surface area contributed by atoms with Crippen molar-refractivity contribution in [1.29, 1.82) is 0 Å². The van der Waals surface area contributed by atoms with Gasteiger partial charge in [-0.2, -0.15) is 0 Å². The fourth-order valence-corrected chi connectivity index (χ4v) is 1.51. The normalized spacial score (nSPS) is 10.2. The average molecular weight is 247 g/mol. The van der Waals surface area contributed by atoms with E-state index in [9.17, 15) is 5.11 Å². The van der Waals surface area contributed by atoms with Crippen LogP contribution in [-0.4, -0.2) is 32.5 Å². The summed E-state index contributed by atoms with van der Waals surface area (Å²) >= 11 is 5.87. The molecular weight excluding hydrogens is 232 g/mol. The van der Waals surface area contributed by atoms with Gasteiger partial charge in [-0.1, -0.05) is 11.6 Å². The molecule has 1 rings (SSSR count). The van der Waals surface area contributed by atoms with Crippen molar-refractivity contribution >= 4 is 11.6 Å². The lowest BCUT2D eigenvalue weighted by Gasteiger charge is -2.14. The Labute approximate surface area is 99.7 Å². The van der Waals surface area contributed by atoms with E-state index in [1.807, 2.05) is 0 Å². The zero-order valence-electron chi connectivity index (χ0n) is 9.33. The Balaban J connectivity index is 2.93. The summed E-state index contributed by atoms with van der Waals surface area (Å²) in [5, 5.41) is 9.69. The lowest BCUT2D eigenvalue weighted by Crippen LogP contribution is -2.07. The Morgan fingerprint density at radius 3 is 2.56 bits per heavy atom. The minimum atomic E-state index is -0.154. The molecule has 5 heteroatoms. The van der Waals surface area contributed by atoms with Crippen molar-refractivity contribution in [1.82, 2.24) is 0 Å². The molecule has 90 valence electrons. The third-order valence-corrected chi connectivity index (χ3v) is 2.24. The van der Waals surface area contributed by atoms with Crippen LogP contribution >= 0.6 is 11.6 Å². The number of benzene rings is 1. The first kappa shape index (κ1) is 13.1. The van der Waals surface area contributed by atoms with Gasteiger partial charge >= 0.3 is 0 Å². The zero-order chi connectivity index (χ0) is 12.0. The zero-order valence-corrected chi connectivity index (χ0v) is 10.1. The first-order chi connectivity index (χ1) is 7.72. The van der Waals surface area contributed by atoms with Gasteiger partial charge in [0.05, 0.1) is 20.3 Å². The van der Waals surface area contributed by atoms with Gasteiger partial charge in [-0.25, -0.2) is 0 Å². The molecule has 0 aliphatic rings. The summed E-state index contributed by atoms with van der Waals surface area (Å²) in [6, 6.07) is 3.29. The standard InChI is InChI=1S/C11H15ClO4/c1-14-3-4-16-11-8(7-13)5-9(12)6-10(11)15-2/h5-6,13H,3-4,7H2,1-2H3. The molecule has 0 saturated carbocycles. The number of hydrogen-bond acceptors (Lipinski definition) is 4. The number of methoxy groups -OCH3 is 2. The highest BCUT2D eigenvalue weighted by atomic mass is 35.5. The van der Waals surface area contributed by atoms with Crippen molar-refractivity contribution < 1.29 is 19.3 Å². The molecule has 1 aromatic rings. The Kier molecular flexibility index (Phi) is 5.38. The van der Waals surface area contributed by atoms with Gasteiger partial charge in [-0.3, -0.25) is 0 Å². The number of hydrogen-bond donors (Lipinski definition) is 1. The third kappa shape index (κ3) is 3.27. The second-order valence-electron chi connectivity index (χ2n) is 3.10. The van der Waals surface area contributed by atoms with Crippen molar-refractivity contribution in [2.24, 2.45) is 0 Å². The van der Waals surface area contributed by atoms with Gasteiger partial charge in [0.1, 0.15) is 6.61 Å². The van der Waals surface area contributed by atoms with Gasteiger partial charge in [0, 0.05) is 23.8 Å². The molecule has 0 atom stereocenters. The number of aliphatic hydroxyl groups excluding tert-OH is 1. The Morgan fingerprint density at radius 1 is 1.25 bits per heavy atom. The van der Waals surface area contributed by atoms with Gasteiger partial charge in [-0.15, -0.1) is 0 Å². The SMILES string of the molecule is COCCOc1c(CO)cc(Cl)cc1OC. The summed E-state index contributed by atoms with van der Waals surface area (Å²) in [5.41, 5.74) is 0.598. The minimum Gasteiger partial charge on any atom is -0.493 e. The topological polar surface area (TPSA) is 47.9 Å². The Morgan fingerprint density at radius 2 is 2.00 bits per heavy atom. The van der Waals surface area contributed by atoms with E-state index in [1.165, 1.54) is 7.11 Å². The third-order valence-electron chi connectivity index (χ3n) is 2.02. The maximum atomic E-state index is 9.19. The largest absolute Gasteiger partial charge is 0.493 e. The van der Waals surface area contributed by atoms with Gasteiger partial charge in [0.25, 0.3) is 0 Å². The smallest absolute Gasteiger partial charge is 0.166 e. The molecule has 0 bridgehead atoms. The van der Waals surface area contributed by atoms with Crippen LogP contribution in [0.4, 0.5) is 0 Å². The maximum absolute atomic E-state index is 9.19. The van der Waals surface area contributed by atoms with Gasteiger partial charge in [-0.05, 0) is 6.07 Å². The molecule has 0 amide bonds. The molecule has 0 saturated heterocycles. The van der Waals surface area contributed by atoms with Gasteiger partial charge in [0.15, 0.2) is 11.5 Å². The van der Waals surface area contributed by atoms with E-state index in [0.717, 1.165) is 0 Å². The number of halogens is 1. The number of rotatable bonds is 6. The molecule has 1 aromatic carbocycles. The molecule has 0 unspecified atom stereocenters. The van der Waals surface area contributed by atoms with Gasteiger partial charge in [0.2, 0.25) is 0 Å². The highest BCUT2D eigenvalue weighted by Crippen LogP contribution is 2.34. The van der Waals surface area contributed by atoms with Crippen LogP contribution in [0.3, 0.4) is 0 Å². The molecular formula is C11H15ClO4. The fourth-order valence-electron chi connectivity index (χ4n) is 1.28. The molecule has 0 aromatic heterocycles. The lowest BCUT2D eigenvalue weighted by atomic mass is 10.2. The molecule has 0 radical (unpaired) electrons. The van der Waals surface area contributed by atoms with E-state index < -0.39 is 0 Å². The van der Waals surface area contributed by atoms with Crippen LogP contribution in [0.15, 0.2) is 12.1 Å². The Bertz CT molecular complexity index is 316. The van der Waals surface area contributed by atoms with Crippen LogP contribution in [0.5, 0.6) is 11.5 Å². The van der Waals surface area contributed by atoms with E-state index in [0.29, 0.717) is 35.3 Å². The number of ether oxygens (including phenoxy) is 3. The summed E-state index contributed by atoms with van der Waals surface area (Å²) in [6.45, 7) is 0.706. The van der Waals surface area contributed by atoms with E-state index in [-0.39, 0.29) is 6.61 Å². The summed E-state index contributed by atoms with van der Waals surface area (Å²) < 4.78 is 15.5. The summed E-state index contributed by atoms with van der Waals surface area (Å²) in [5.74, 6) is 1.01. The first-order valence-electron chi connectivity index (χ1n) is 4.82. The highest BCUT2D eigenvalue weighted by molar-refractivity contribution is 6.30. The van der Waals surface area contributed by atoms with Crippen molar-refractivity contribution in [3.63, 3.8) is 0 Å². The highest BCUT2D eigenvalue weighted by Gasteiger charge is 2.12. The summed E-state index contributed by atoms with van der Waals surface area (Å²) in [4.78, 5) is 0. The van der Waals surface area contributed by atoms with Crippen LogP contribution in [0.1, 0.15) is 5.56 Å². The van der Waals surface area contributed by atoms with Crippen molar-refractivity contribution in [3.8, 4) is 11.5 Å². The first-order valence-corrected chi connectivity index (χ1v) is 5.19. The maximum Gasteiger partial charge on any atom is 0.166 e. The monoisotopic (exact) mass is 246 g/mol. The molecule has 16 heavy (non-hydrogen) atoms. The van der Waals surface area contributed by atoms with E-state index in [2.05, 4.69) is 0 Å². The number of aliphatic hydroxyl groups is 1. The molecule has 0 aliphatic heterocycles. The molecule has 0 aliphatic carbocycles. The average Bonchev–Trinajstić information content (AvgIpc) is 2.30. The van der Waals surface area contributed by atoms with Crippen LogP contribution in [0.2, 0.25) is 5.02 Å². The van der Waals surface area contributed by atoms with E-state index in [1.54, 1.807) is 19.2 Å². The van der Waals surface area contributed by atoms with Crippen LogP contribution in [0.25, 0.3) is 0 Å². The van der Waals surface area contributed by atoms with Crippen LogP contribution in [0, 0.1) is 0 Å². The second-order valence-corrected chi connectivity index (χ2v) is 3.53. The Hall–Kier alpha value is -0.970. The molecule has 0 fully saturated rings. The fraction of sp³-hybridized carbons (Fsp3) is 0.455. The second kappa shape index (κ2) is 6.58. The molecule has 1 N–H and O–H groups in total. The van der Waals surface area contributed by atoms with E-state index >= 15 is 0 Å². The predicted octanol–water partition coefficient (Wildman–Crippen LogP) is 1.87. The van der Waals surface area contributed by atoms with Crippen molar-refractivity contribution in [2.45, 2.75) is 6.61 Å². The predicted molar refractivity (Wildman–Crippen MR) is 61.3 cm³/mol. The van der Waals surface area contributed by atoms with Gasteiger partial charge < -0.3 is 19.3 Å². The lowest BCUT2D eigenvalue weighted by molar-refractivity contribution is 0.142. The molecule has 0 spiro atoms. The van der Waals surface area contributed by atoms with Crippen LogP contribution < -0.4 is 9.47 Å². The minimum absolute atomic E-state index is 0.154. The summed E-state index contributed by atoms with van der Waals surface area (Å²) in [7, 11) is 3.12. The quantitative estimate of drug-likeness (QED) is 0.779. The molecule has 0 heterocycles. The van der Waals surface area contributed by atoms with Crippen LogP contribution in [-0.2, 0) is 11.3 Å². The van der Waals surface area contributed by atoms with Crippen molar-refractivity contribution in [2.75, 3.05) is 27.4 Å². The van der Waals surface area contributed by atoms with Crippen molar-refractivity contribution in [3.05, 3.63) is 22.7 Å².